The molecule has 0 fully saturated rings. The maximum absolute atomic E-state index is 12.7. The second-order valence-electron chi connectivity index (χ2n) is 8.36. The lowest BCUT2D eigenvalue weighted by Gasteiger charge is -2.29. The average Bonchev–Trinajstić information content (AvgIpc) is 3.25. The van der Waals surface area contributed by atoms with Gasteiger partial charge in [0.1, 0.15) is 12.4 Å². The first kappa shape index (κ1) is 22.3. The summed E-state index contributed by atoms with van der Waals surface area (Å²) in [6.45, 7) is 4.82. The number of aromatic nitrogens is 2. The Kier molecular flexibility index (Phi) is 6.53. The molecule has 8 heteroatoms. The Morgan fingerprint density at radius 2 is 1.94 bits per heavy atom. The van der Waals surface area contributed by atoms with Crippen LogP contribution in [0.4, 0.5) is 17.1 Å². The zero-order chi connectivity index (χ0) is 23.4. The Bertz CT molecular complexity index is 1180. The van der Waals surface area contributed by atoms with Crippen molar-refractivity contribution in [1.82, 2.24) is 9.55 Å². The van der Waals surface area contributed by atoms with Crippen LogP contribution in [0, 0.1) is 0 Å². The third-order valence-electron chi connectivity index (χ3n) is 5.47. The number of anilines is 3. The predicted molar refractivity (Wildman–Crippen MR) is 127 cm³/mol. The van der Waals surface area contributed by atoms with E-state index >= 15 is 0 Å². The van der Waals surface area contributed by atoms with Gasteiger partial charge in [0.15, 0.2) is 0 Å². The van der Waals surface area contributed by atoms with Crippen molar-refractivity contribution in [3.8, 4) is 0 Å². The molecule has 0 spiro atoms. The van der Waals surface area contributed by atoms with E-state index in [9.17, 15) is 14.4 Å². The smallest absolute Gasteiger partial charge is 0.244 e. The summed E-state index contributed by atoms with van der Waals surface area (Å²) in [7, 11) is 0. The van der Waals surface area contributed by atoms with Gasteiger partial charge >= 0.3 is 0 Å². The molecule has 3 amide bonds. The van der Waals surface area contributed by atoms with Crippen molar-refractivity contribution in [2.24, 2.45) is 0 Å². The summed E-state index contributed by atoms with van der Waals surface area (Å²) in [5.74, 6) is 0.569. The van der Waals surface area contributed by atoms with Gasteiger partial charge < -0.3 is 20.1 Å². The number of benzene rings is 2. The first-order valence-electron chi connectivity index (χ1n) is 11.0. The lowest BCUT2D eigenvalue weighted by Crippen LogP contribution is -2.42. The lowest BCUT2D eigenvalue weighted by atomic mass is 10.1. The van der Waals surface area contributed by atoms with Crippen LogP contribution in [0.5, 0.6) is 0 Å². The zero-order valence-electron chi connectivity index (χ0n) is 18.7. The molecule has 4 rings (SSSR count). The Balaban J connectivity index is 1.35. The summed E-state index contributed by atoms with van der Waals surface area (Å²) in [6, 6.07) is 14.8. The van der Waals surface area contributed by atoms with Gasteiger partial charge in [-0.1, -0.05) is 38.1 Å². The molecular formula is C25H27N5O3. The molecule has 2 N–H and O–H groups in total. The standard InChI is InChI=1S/C25H27N5O3/c1-17(2)25-26-12-13-29(25)15-18-6-5-7-19(14-18)27-22(31)10-11-24(33)30-16-23(32)28-20-8-3-4-9-21(20)30/h3-9,12-14,17H,10-11,15-16H2,1-2H3,(H,27,31)(H,28,32). The number of para-hydroxylation sites is 2. The van der Waals surface area contributed by atoms with Crippen LogP contribution in [0.2, 0.25) is 0 Å². The van der Waals surface area contributed by atoms with Crippen LogP contribution < -0.4 is 15.5 Å². The summed E-state index contributed by atoms with van der Waals surface area (Å²) in [5.41, 5.74) is 2.97. The fourth-order valence-electron chi connectivity index (χ4n) is 3.93. The molecule has 2 heterocycles. The molecule has 0 saturated carbocycles. The highest BCUT2D eigenvalue weighted by Crippen LogP contribution is 2.29. The lowest BCUT2D eigenvalue weighted by molar-refractivity contribution is -0.124. The van der Waals surface area contributed by atoms with E-state index in [1.54, 1.807) is 24.4 Å². The molecule has 2 aromatic carbocycles. The molecule has 0 radical (unpaired) electrons. The first-order valence-corrected chi connectivity index (χ1v) is 11.0. The van der Waals surface area contributed by atoms with E-state index in [4.69, 9.17) is 0 Å². The van der Waals surface area contributed by atoms with Crippen molar-refractivity contribution in [2.75, 3.05) is 22.1 Å². The minimum atomic E-state index is -0.262. The number of carbonyl (C=O) groups is 3. The second-order valence-corrected chi connectivity index (χ2v) is 8.36. The highest BCUT2D eigenvalue weighted by atomic mass is 16.2. The van der Waals surface area contributed by atoms with Gasteiger partial charge in [-0.15, -0.1) is 0 Å². The molecule has 1 aliphatic heterocycles. The fourth-order valence-corrected chi connectivity index (χ4v) is 3.93. The highest BCUT2D eigenvalue weighted by molar-refractivity contribution is 6.10. The molecular weight excluding hydrogens is 418 g/mol. The average molecular weight is 446 g/mol. The van der Waals surface area contributed by atoms with Gasteiger partial charge in [0.25, 0.3) is 0 Å². The van der Waals surface area contributed by atoms with Crippen molar-refractivity contribution < 1.29 is 14.4 Å². The number of imidazole rings is 1. The fraction of sp³-hybridized carbons (Fsp3) is 0.280. The molecule has 0 aliphatic carbocycles. The maximum atomic E-state index is 12.7. The van der Waals surface area contributed by atoms with Gasteiger partial charge in [0.2, 0.25) is 17.7 Å². The summed E-state index contributed by atoms with van der Waals surface area (Å²) in [6.07, 6.45) is 3.79. The Morgan fingerprint density at radius 1 is 1.12 bits per heavy atom. The van der Waals surface area contributed by atoms with E-state index in [1.807, 2.05) is 36.5 Å². The summed E-state index contributed by atoms with van der Waals surface area (Å²) in [4.78, 5) is 43.0. The van der Waals surface area contributed by atoms with E-state index < -0.39 is 0 Å². The van der Waals surface area contributed by atoms with Crippen molar-refractivity contribution in [3.63, 3.8) is 0 Å². The van der Waals surface area contributed by atoms with Crippen LogP contribution in [-0.2, 0) is 20.9 Å². The van der Waals surface area contributed by atoms with E-state index in [1.165, 1.54) is 4.90 Å². The van der Waals surface area contributed by atoms with Crippen LogP contribution in [0.3, 0.4) is 0 Å². The summed E-state index contributed by atoms with van der Waals surface area (Å²) >= 11 is 0. The maximum Gasteiger partial charge on any atom is 0.244 e. The molecule has 3 aromatic rings. The third-order valence-corrected chi connectivity index (χ3v) is 5.47. The van der Waals surface area contributed by atoms with E-state index in [2.05, 4.69) is 34.0 Å². The van der Waals surface area contributed by atoms with Gasteiger partial charge in [-0.05, 0) is 29.8 Å². The van der Waals surface area contributed by atoms with Crippen LogP contribution in [-0.4, -0.2) is 33.8 Å². The molecule has 8 nitrogen and oxygen atoms in total. The number of hydrogen-bond donors (Lipinski definition) is 2. The van der Waals surface area contributed by atoms with E-state index in [0.29, 0.717) is 29.5 Å². The van der Waals surface area contributed by atoms with Gasteiger partial charge in [0, 0.05) is 43.4 Å². The van der Waals surface area contributed by atoms with E-state index in [-0.39, 0.29) is 37.1 Å². The Morgan fingerprint density at radius 3 is 2.76 bits per heavy atom. The minimum absolute atomic E-state index is 0.0138. The number of nitrogens with zero attached hydrogens (tertiary/aromatic N) is 3. The summed E-state index contributed by atoms with van der Waals surface area (Å²) < 4.78 is 2.09. The highest BCUT2D eigenvalue weighted by Gasteiger charge is 2.26. The van der Waals surface area contributed by atoms with Crippen molar-refractivity contribution in [1.29, 1.82) is 0 Å². The predicted octanol–water partition coefficient (Wildman–Crippen LogP) is 3.76. The van der Waals surface area contributed by atoms with Crippen LogP contribution in [0.25, 0.3) is 0 Å². The van der Waals surface area contributed by atoms with Crippen LogP contribution in [0.15, 0.2) is 60.9 Å². The van der Waals surface area contributed by atoms with Gasteiger partial charge in [-0.3, -0.25) is 14.4 Å². The summed E-state index contributed by atoms with van der Waals surface area (Å²) in [5, 5.41) is 5.63. The van der Waals surface area contributed by atoms with E-state index in [0.717, 1.165) is 11.4 Å². The number of rotatable bonds is 7. The van der Waals surface area contributed by atoms with Gasteiger partial charge in [0.05, 0.1) is 11.4 Å². The van der Waals surface area contributed by atoms with Crippen molar-refractivity contribution >= 4 is 34.8 Å². The topological polar surface area (TPSA) is 96.3 Å². The SMILES string of the molecule is CC(C)c1nccn1Cc1cccc(NC(=O)CCC(=O)N2CC(=O)Nc3ccccc32)c1. The van der Waals surface area contributed by atoms with Gasteiger partial charge in [-0.25, -0.2) is 4.98 Å². The monoisotopic (exact) mass is 445 g/mol. The molecule has 0 atom stereocenters. The normalized spacial score (nSPS) is 12.9. The largest absolute Gasteiger partial charge is 0.330 e. The number of carbonyl (C=O) groups excluding carboxylic acids is 3. The molecule has 0 unspecified atom stereocenters. The molecule has 0 saturated heterocycles. The van der Waals surface area contributed by atoms with Crippen LogP contribution in [0.1, 0.15) is 44.0 Å². The van der Waals surface area contributed by atoms with Crippen molar-refractivity contribution in [3.05, 3.63) is 72.3 Å². The molecule has 1 aromatic heterocycles. The Labute approximate surface area is 192 Å². The second kappa shape index (κ2) is 9.68. The molecule has 1 aliphatic rings. The first-order chi connectivity index (χ1) is 15.9. The molecule has 0 bridgehead atoms. The third kappa shape index (κ3) is 5.28. The van der Waals surface area contributed by atoms with Crippen LogP contribution >= 0.6 is 0 Å². The number of hydrogen-bond acceptors (Lipinski definition) is 4. The Hall–Kier alpha value is -3.94. The molecule has 170 valence electrons. The molecule has 33 heavy (non-hydrogen) atoms. The quantitative estimate of drug-likeness (QED) is 0.579. The minimum Gasteiger partial charge on any atom is -0.330 e. The zero-order valence-corrected chi connectivity index (χ0v) is 18.7. The number of fused-ring (bicyclic) bond motifs is 1. The van der Waals surface area contributed by atoms with Crippen molar-refractivity contribution in [2.45, 2.75) is 39.2 Å². The van der Waals surface area contributed by atoms with Gasteiger partial charge in [-0.2, -0.15) is 0 Å². The number of amides is 3. The number of nitrogens with one attached hydrogen (secondary N) is 2.